The van der Waals surface area contributed by atoms with E-state index in [1.54, 1.807) is 43.5 Å². The molecule has 0 unspecified atom stereocenters. The number of esters is 1. The van der Waals surface area contributed by atoms with Gasteiger partial charge >= 0.3 is 5.97 Å². The van der Waals surface area contributed by atoms with E-state index in [1.807, 2.05) is 13.0 Å². The molecule has 0 aliphatic carbocycles. The Bertz CT molecular complexity index is 910. The molecule has 0 amide bonds. The maximum Gasteiger partial charge on any atom is 0.331 e. The zero-order valence-electron chi connectivity index (χ0n) is 15.0. The van der Waals surface area contributed by atoms with Gasteiger partial charge in [-0.1, -0.05) is 11.2 Å². The highest BCUT2D eigenvalue weighted by Crippen LogP contribution is 2.28. The minimum Gasteiger partial charge on any atom is -0.493 e. The van der Waals surface area contributed by atoms with E-state index >= 15 is 0 Å². The number of methoxy groups -OCH3 is 1. The lowest BCUT2D eigenvalue weighted by atomic mass is 10.2. The highest BCUT2D eigenvalue weighted by atomic mass is 16.5. The lowest BCUT2D eigenvalue weighted by Crippen LogP contribution is -2.00. The first-order valence-electron chi connectivity index (χ1n) is 8.34. The molecule has 3 aromatic rings. The van der Waals surface area contributed by atoms with Crippen LogP contribution in [0.25, 0.3) is 17.6 Å². The number of hydrogen-bond donors (Lipinski definition) is 0. The molecule has 0 bridgehead atoms. The lowest BCUT2D eigenvalue weighted by Gasteiger charge is -2.09. The minimum absolute atomic E-state index is 0.0000190. The van der Waals surface area contributed by atoms with E-state index in [9.17, 15) is 4.79 Å². The van der Waals surface area contributed by atoms with Crippen LogP contribution in [0, 0.1) is 0 Å². The normalized spacial score (nSPS) is 10.9. The SMILES string of the molecule is CCOc1ccc(/C=C/C(=O)OCc2cc(-c3ccco3)on2)cc1OC. The standard InChI is InChI=1S/C20H19NO6/c1-3-24-17-8-6-14(11-18(17)23-2)7-9-20(22)26-13-15-12-19(27-21-15)16-5-4-10-25-16/h4-12H,3,13H2,1-2H3/b9-7+. The molecule has 0 saturated carbocycles. The summed E-state index contributed by atoms with van der Waals surface area (Å²) in [5, 5.41) is 3.85. The number of nitrogens with zero attached hydrogens (tertiary/aromatic N) is 1. The van der Waals surface area contributed by atoms with Crippen LogP contribution in [0.1, 0.15) is 18.2 Å². The molecule has 0 spiro atoms. The molecule has 0 aliphatic rings. The summed E-state index contributed by atoms with van der Waals surface area (Å²) in [5.74, 6) is 1.79. The number of rotatable bonds is 8. The summed E-state index contributed by atoms with van der Waals surface area (Å²) in [6.07, 6.45) is 4.51. The largest absolute Gasteiger partial charge is 0.493 e. The number of benzene rings is 1. The monoisotopic (exact) mass is 369 g/mol. The van der Waals surface area contributed by atoms with Crippen LogP contribution in [-0.4, -0.2) is 24.8 Å². The predicted molar refractivity (Wildman–Crippen MR) is 97.2 cm³/mol. The molecule has 0 fully saturated rings. The second-order valence-electron chi connectivity index (χ2n) is 5.44. The molecule has 3 rings (SSSR count). The Morgan fingerprint density at radius 1 is 1.19 bits per heavy atom. The Morgan fingerprint density at radius 3 is 2.81 bits per heavy atom. The fraction of sp³-hybridized carbons (Fsp3) is 0.200. The molecule has 2 heterocycles. The first-order valence-corrected chi connectivity index (χ1v) is 8.34. The maximum atomic E-state index is 11.9. The summed E-state index contributed by atoms with van der Waals surface area (Å²) in [6.45, 7) is 2.44. The van der Waals surface area contributed by atoms with Gasteiger partial charge in [0.25, 0.3) is 0 Å². The first-order chi connectivity index (χ1) is 13.2. The molecule has 0 radical (unpaired) electrons. The molecule has 2 aromatic heterocycles. The molecule has 0 atom stereocenters. The molecular weight excluding hydrogens is 350 g/mol. The minimum atomic E-state index is -0.495. The number of furan rings is 1. The fourth-order valence-corrected chi connectivity index (χ4v) is 2.33. The van der Waals surface area contributed by atoms with Gasteiger partial charge in [-0.2, -0.15) is 0 Å². The summed E-state index contributed by atoms with van der Waals surface area (Å²) in [4.78, 5) is 11.9. The van der Waals surface area contributed by atoms with E-state index in [4.69, 9.17) is 23.2 Å². The highest BCUT2D eigenvalue weighted by molar-refractivity contribution is 5.87. The zero-order valence-corrected chi connectivity index (χ0v) is 15.0. The van der Waals surface area contributed by atoms with Crippen molar-refractivity contribution in [3.8, 4) is 23.0 Å². The average Bonchev–Trinajstić information content (AvgIpc) is 3.37. The van der Waals surface area contributed by atoms with E-state index in [-0.39, 0.29) is 6.61 Å². The van der Waals surface area contributed by atoms with Crippen LogP contribution in [0.2, 0.25) is 0 Å². The molecule has 1 aromatic carbocycles. The van der Waals surface area contributed by atoms with E-state index in [0.717, 1.165) is 5.56 Å². The molecule has 7 nitrogen and oxygen atoms in total. The molecular formula is C20H19NO6. The van der Waals surface area contributed by atoms with Crippen molar-refractivity contribution < 1.29 is 27.9 Å². The maximum absolute atomic E-state index is 11.9. The second kappa shape index (κ2) is 8.75. The van der Waals surface area contributed by atoms with Gasteiger partial charge in [-0.25, -0.2) is 4.79 Å². The van der Waals surface area contributed by atoms with Crippen LogP contribution >= 0.6 is 0 Å². The Hall–Kier alpha value is -3.48. The summed E-state index contributed by atoms with van der Waals surface area (Å²) >= 11 is 0. The summed E-state index contributed by atoms with van der Waals surface area (Å²) in [6, 6.07) is 10.6. The average molecular weight is 369 g/mol. The fourth-order valence-electron chi connectivity index (χ4n) is 2.33. The third-order valence-corrected chi connectivity index (χ3v) is 3.58. The number of hydrogen-bond acceptors (Lipinski definition) is 7. The highest BCUT2D eigenvalue weighted by Gasteiger charge is 2.10. The van der Waals surface area contributed by atoms with Crippen molar-refractivity contribution in [3.63, 3.8) is 0 Å². The van der Waals surface area contributed by atoms with Crippen LogP contribution in [0.4, 0.5) is 0 Å². The molecule has 0 N–H and O–H groups in total. The van der Waals surface area contributed by atoms with Crippen LogP contribution in [0.5, 0.6) is 11.5 Å². The third-order valence-electron chi connectivity index (χ3n) is 3.58. The predicted octanol–water partition coefficient (Wildman–Crippen LogP) is 4.10. The molecule has 7 heteroatoms. The van der Waals surface area contributed by atoms with E-state index < -0.39 is 5.97 Å². The van der Waals surface area contributed by atoms with Gasteiger partial charge in [0.15, 0.2) is 17.3 Å². The Kier molecular flexibility index (Phi) is 5.94. The van der Waals surface area contributed by atoms with Crippen molar-refractivity contribution in [2.45, 2.75) is 13.5 Å². The Labute approximate surface area is 156 Å². The summed E-state index contributed by atoms with van der Waals surface area (Å²) < 4.78 is 26.3. The van der Waals surface area contributed by atoms with E-state index in [1.165, 1.54) is 12.3 Å². The zero-order chi connectivity index (χ0) is 19.1. The van der Waals surface area contributed by atoms with E-state index in [0.29, 0.717) is 35.3 Å². The van der Waals surface area contributed by atoms with Crippen LogP contribution < -0.4 is 9.47 Å². The Morgan fingerprint density at radius 2 is 2.07 bits per heavy atom. The third kappa shape index (κ3) is 4.78. The molecule has 27 heavy (non-hydrogen) atoms. The summed E-state index contributed by atoms with van der Waals surface area (Å²) in [5.41, 5.74) is 1.28. The second-order valence-corrected chi connectivity index (χ2v) is 5.44. The van der Waals surface area contributed by atoms with Gasteiger partial charge < -0.3 is 23.2 Å². The lowest BCUT2D eigenvalue weighted by molar-refractivity contribution is -0.139. The van der Waals surface area contributed by atoms with Gasteiger partial charge in [0.1, 0.15) is 12.3 Å². The van der Waals surface area contributed by atoms with Crippen molar-refractivity contribution in [1.82, 2.24) is 5.16 Å². The van der Waals surface area contributed by atoms with Crippen molar-refractivity contribution >= 4 is 12.0 Å². The van der Waals surface area contributed by atoms with Gasteiger partial charge in [0.2, 0.25) is 5.76 Å². The van der Waals surface area contributed by atoms with Crippen molar-refractivity contribution in [2.24, 2.45) is 0 Å². The number of aromatic nitrogens is 1. The first kappa shape index (κ1) is 18.3. The van der Waals surface area contributed by atoms with Gasteiger partial charge in [-0.3, -0.25) is 0 Å². The molecule has 0 saturated heterocycles. The van der Waals surface area contributed by atoms with Crippen molar-refractivity contribution in [3.05, 3.63) is 60.0 Å². The van der Waals surface area contributed by atoms with Gasteiger partial charge in [-0.05, 0) is 42.8 Å². The van der Waals surface area contributed by atoms with Gasteiger partial charge in [-0.15, -0.1) is 0 Å². The van der Waals surface area contributed by atoms with E-state index in [2.05, 4.69) is 5.16 Å². The number of carbonyl (C=O) groups is 1. The smallest absolute Gasteiger partial charge is 0.331 e. The quantitative estimate of drug-likeness (QED) is 0.436. The van der Waals surface area contributed by atoms with Crippen LogP contribution in [0.15, 0.2) is 57.7 Å². The van der Waals surface area contributed by atoms with Crippen molar-refractivity contribution in [2.75, 3.05) is 13.7 Å². The number of ether oxygens (including phenoxy) is 3. The topological polar surface area (TPSA) is 83.9 Å². The van der Waals surface area contributed by atoms with Gasteiger partial charge in [0, 0.05) is 12.1 Å². The van der Waals surface area contributed by atoms with Crippen LogP contribution in [0.3, 0.4) is 0 Å². The Balaban J connectivity index is 1.56. The van der Waals surface area contributed by atoms with Crippen LogP contribution in [-0.2, 0) is 16.1 Å². The molecule has 0 aliphatic heterocycles. The molecule has 140 valence electrons. The number of carbonyl (C=O) groups excluding carboxylic acids is 1. The summed E-state index contributed by atoms with van der Waals surface area (Å²) in [7, 11) is 1.56. The van der Waals surface area contributed by atoms with Crippen molar-refractivity contribution in [1.29, 1.82) is 0 Å². The van der Waals surface area contributed by atoms with Gasteiger partial charge in [0.05, 0.1) is 20.0 Å².